The van der Waals surface area contributed by atoms with Gasteiger partial charge in [-0.3, -0.25) is 14.2 Å². The number of quaternary nitrogens is 1. The van der Waals surface area contributed by atoms with Crippen LogP contribution in [-0.2, 0) is 32.7 Å². The summed E-state index contributed by atoms with van der Waals surface area (Å²) in [6.45, 7) is 3.88. The normalized spacial score (nSPS) is 14.5. The Hall–Kier alpha value is -4.37. The number of hydrogen-bond donors (Lipinski definition) is 0. The summed E-state index contributed by atoms with van der Waals surface area (Å²) in [5.41, 5.74) is 0. The van der Waals surface area contributed by atoms with Crippen LogP contribution in [-0.4, -0.2) is 70.0 Å². The highest BCUT2D eigenvalue weighted by molar-refractivity contribution is 7.45. The molecule has 0 saturated carbocycles. The van der Waals surface area contributed by atoms with Gasteiger partial charge in [0, 0.05) is 12.8 Å². The van der Waals surface area contributed by atoms with Crippen LogP contribution in [0.1, 0.15) is 181 Å². The molecule has 0 aliphatic heterocycles. The summed E-state index contributed by atoms with van der Waals surface area (Å²) in [7, 11) is 1.10. The molecule has 2 atom stereocenters. The first kappa shape index (κ1) is 69.6. The van der Waals surface area contributed by atoms with Crippen molar-refractivity contribution in [2.75, 3.05) is 47.5 Å². The summed E-state index contributed by atoms with van der Waals surface area (Å²) in [5, 5.41) is 0. The lowest BCUT2D eigenvalue weighted by atomic mass is 10.1. The van der Waals surface area contributed by atoms with Gasteiger partial charge in [0.2, 0.25) is 0 Å². The molecule has 0 heterocycles. The summed E-state index contributed by atoms with van der Waals surface area (Å²) < 4.78 is 34.0. The number of phosphoric ester groups is 1. The first-order chi connectivity index (χ1) is 36.0. The molecule has 0 N–H and O–H groups in total. The van der Waals surface area contributed by atoms with Crippen LogP contribution in [0.3, 0.4) is 0 Å². The number of rotatable bonds is 49. The number of ether oxygens (including phenoxy) is 2. The lowest BCUT2D eigenvalue weighted by Gasteiger charge is -2.28. The monoisotopic (exact) mass is 1040 g/mol. The van der Waals surface area contributed by atoms with Gasteiger partial charge in [-0.15, -0.1) is 0 Å². The number of carbonyl (C=O) groups is 2. The van der Waals surface area contributed by atoms with E-state index in [0.717, 1.165) is 109 Å². The number of hydrogen-bond acceptors (Lipinski definition) is 8. The minimum Gasteiger partial charge on any atom is -0.756 e. The maximum Gasteiger partial charge on any atom is 0.306 e. The fourth-order valence-corrected chi connectivity index (χ4v) is 7.51. The van der Waals surface area contributed by atoms with E-state index in [1.165, 1.54) is 32.1 Å². The van der Waals surface area contributed by atoms with Crippen molar-refractivity contribution in [3.05, 3.63) is 158 Å². The van der Waals surface area contributed by atoms with Crippen LogP contribution in [0.2, 0.25) is 0 Å². The third-order valence-electron chi connectivity index (χ3n) is 11.1. The second-order valence-electron chi connectivity index (χ2n) is 19.2. The Morgan fingerprint density at radius 1 is 0.419 bits per heavy atom. The van der Waals surface area contributed by atoms with Crippen molar-refractivity contribution in [3.8, 4) is 0 Å². The van der Waals surface area contributed by atoms with Crippen LogP contribution >= 0.6 is 7.82 Å². The predicted octanol–water partition coefficient (Wildman–Crippen LogP) is 17.1. The van der Waals surface area contributed by atoms with E-state index in [9.17, 15) is 19.0 Å². The first-order valence-corrected chi connectivity index (χ1v) is 29.7. The van der Waals surface area contributed by atoms with E-state index in [1.807, 2.05) is 33.3 Å². The highest BCUT2D eigenvalue weighted by atomic mass is 31.2. The van der Waals surface area contributed by atoms with Gasteiger partial charge in [-0.2, -0.15) is 0 Å². The predicted molar refractivity (Wildman–Crippen MR) is 313 cm³/mol. The number of phosphoric acid groups is 1. The van der Waals surface area contributed by atoms with Crippen molar-refractivity contribution in [2.45, 2.75) is 187 Å². The van der Waals surface area contributed by atoms with Crippen LogP contribution in [0, 0.1) is 0 Å². The van der Waals surface area contributed by atoms with Crippen molar-refractivity contribution < 1.29 is 42.1 Å². The van der Waals surface area contributed by atoms with E-state index in [1.54, 1.807) is 0 Å². The summed E-state index contributed by atoms with van der Waals surface area (Å²) >= 11 is 0. The third-order valence-corrected chi connectivity index (χ3v) is 12.0. The van der Waals surface area contributed by atoms with E-state index < -0.39 is 32.5 Å². The van der Waals surface area contributed by atoms with Gasteiger partial charge in [0.15, 0.2) is 6.10 Å². The average molecular weight is 1040 g/mol. The van der Waals surface area contributed by atoms with E-state index in [4.69, 9.17) is 18.5 Å². The average Bonchev–Trinajstić information content (AvgIpc) is 3.36. The van der Waals surface area contributed by atoms with Crippen LogP contribution in [0.15, 0.2) is 158 Å². The summed E-state index contributed by atoms with van der Waals surface area (Å²) in [5.74, 6) is -0.953. The topological polar surface area (TPSA) is 111 Å². The van der Waals surface area contributed by atoms with Crippen LogP contribution < -0.4 is 4.89 Å². The Bertz CT molecular complexity index is 1800. The molecule has 0 aromatic heterocycles. The van der Waals surface area contributed by atoms with Gasteiger partial charge >= 0.3 is 11.9 Å². The van der Waals surface area contributed by atoms with Gasteiger partial charge in [-0.25, -0.2) is 0 Å². The van der Waals surface area contributed by atoms with Crippen LogP contribution in [0.5, 0.6) is 0 Å². The fourth-order valence-electron chi connectivity index (χ4n) is 6.78. The van der Waals surface area contributed by atoms with Crippen LogP contribution in [0.4, 0.5) is 0 Å². The molecule has 0 rings (SSSR count). The van der Waals surface area contributed by atoms with Gasteiger partial charge in [-0.1, -0.05) is 217 Å². The summed E-state index contributed by atoms with van der Waals surface area (Å²) in [4.78, 5) is 37.8. The Balaban J connectivity index is 4.31. The van der Waals surface area contributed by atoms with E-state index in [0.29, 0.717) is 23.9 Å². The molecule has 9 nitrogen and oxygen atoms in total. The van der Waals surface area contributed by atoms with Gasteiger partial charge in [0.05, 0.1) is 27.7 Å². The van der Waals surface area contributed by atoms with E-state index >= 15 is 0 Å². The first-order valence-electron chi connectivity index (χ1n) is 28.2. The minimum absolute atomic E-state index is 0.0528. The van der Waals surface area contributed by atoms with Gasteiger partial charge in [0.1, 0.15) is 19.8 Å². The molecular formula is C64H102NO8P. The van der Waals surface area contributed by atoms with Crippen molar-refractivity contribution >= 4 is 19.8 Å². The Morgan fingerprint density at radius 3 is 1.14 bits per heavy atom. The number of carbonyl (C=O) groups excluding carboxylic acids is 2. The third kappa shape index (κ3) is 56.9. The van der Waals surface area contributed by atoms with Crippen molar-refractivity contribution in [3.63, 3.8) is 0 Å². The van der Waals surface area contributed by atoms with E-state index in [-0.39, 0.29) is 26.1 Å². The maximum absolute atomic E-state index is 12.8. The van der Waals surface area contributed by atoms with Gasteiger partial charge < -0.3 is 27.9 Å². The highest BCUT2D eigenvalue weighted by Crippen LogP contribution is 2.38. The molecule has 0 radical (unpaired) electrons. The summed E-state index contributed by atoms with van der Waals surface area (Å²) in [6, 6.07) is 0. The Morgan fingerprint density at radius 2 is 0.757 bits per heavy atom. The number of esters is 2. The molecule has 2 unspecified atom stereocenters. The van der Waals surface area contributed by atoms with Crippen molar-refractivity contribution in [1.82, 2.24) is 0 Å². The summed E-state index contributed by atoms with van der Waals surface area (Å²) in [6.07, 6.45) is 80.1. The molecule has 0 aromatic rings. The molecule has 0 aliphatic rings. The molecule has 416 valence electrons. The molecule has 0 bridgehead atoms. The SMILES string of the molecule is CC/C=C\C/C=C\C/C=C\C/C=C\C/C=C\C/C=C\C/C=C\CCCCCCCCCCCC(=O)OC(COC(=O)CC/C=C\C/C=C\C/C=C\C/C=C\C/C=C\C/C=C\CC)COP(=O)([O-])OCC[N+](C)(C)C. The molecular weight excluding hydrogens is 942 g/mol. The molecule has 0 saturated heterocycles. The molecule has 10 heteroatoms. The molecule has 0 spiro atoms. The molecule has 74 heavy (non-hydrogen) atoms. The standard InChI is InChI=1S/C64H102NO8P/c1-6-8-10-12-14-16-18-20-22-24-26-27-28-29-30-31-32-33-34-35-36-37-39-41-43-45-47-49-51-53-55-57-64(67)73-62(61-72-74(68,69)71-59-58-65(3,4)5)60-70-63(66)56-54-52-50-48-46-44-42-40-38-25-23-21-19-17-15-13-11-9-7-2/h8-11,14-17,20-23,26-27,29-30,32-33,35-36,38,40,44,46,50,52,62H,6-7,12-13,18-19,24-25,28,31,34,37,39,41-43,45,47-49,51,53-61H2,1-5H3/b10-8-,11-9-,16-14-,17-15-,22-20-,23-21-,27-26-,30-29-,33-32-,36-35-,40-38-,46-44-,52-50-. The lowest BCUT2D eigenvalue weighted by Crippen LogP contribution is -2.37. The Kier molecular flexibility index (Phi) is 50.3. The number of unbranched alkanes of at least 4 members (excludes halogenated alkanes) is 9. The van der Waals surface area contributed by atoms with Crippen molar-refractivity contribution in [2.24, 2.45) is 0 Å². The van der Waals surface area contributed by atoms with Crippen molar-refractivity contribution in [1.29, 1.82) is 0 Å². The second kappa shape index (κ2) is 53.5. The molecule has 0 amide bonds. The quantitative estimate of drug-likeness (QED) is 0.0195. The van der Waals surface area contributed by atoms with E-state index in [2.05, 4.69) is 160 Å². The van der Waals surface area contributed by atoms with Crippen LogP contribution in [0.25, 0.3) is 0 Å². The molecule has 0 aliphatic carbocycles. The smallest absolute Gasteiger partial charge is 0.306 e. The number of likely N-dealkylation sites (N-methyl/N-ethyl adjacent to an activating group) is 1. The Labute approximate surface area is 452 Å². The fraction of sp³-hybridized carbons (Fsp3) is 0.562. The zero-order chi connectivity index (χ0) is 54.2. The molecule has 0 aromatic carbocycles. The van der Waals surface area contributed by atoms with Gasteiger partial charge in [-0.05, 0) is 109 Å². The van der Waals surface area contributed by atoms with Gasteiger partial charge in [0.25, 0.3) is 7.82 Å². The number of nitrogens with zero attached hydrogens (tertiary/aromatic N) is 1. The second-order valence-corrected chi connectivity index (χ2v) is 20.6. The zero-order valence-electron chi connectivity index (χ0n) is 47.0. The number of allylic oxidation sites excluding steroid dienone is 26. The zero-order valence-corrected chi connectivity index (χ0v) is 47.9. The minimum atomic E-state index is -4.67. The lowest BCUT2D eigenvalue weighted by molar-refractivity contribution is -0.870. The largest absolute Gasteiger partial charge is 0.756 e. The highest BCUT2D eigenvalue weighted by Gasteiger charge is 2.21. The maximum atomic E-state index is 12.8. The molecule has 0 fully saturated rings.